The van der Waals surface area contributed by atoms with Crippen LogP contribution in [0.5, 0.6) is 0 Å². The molecule has 1 amide bonds. The van der Waals surface area contributed by atoms with E-state index < -0.39 is 23.1 Å². The van der Waals surface area contributed by atoms with Gasteiger partial charge in [-0.25, -0.2) is 8.78 Å². The van der Waals surface area contributed by atoms with Gasteiger partial charge in [-0.15, -0.1) is 11.6 Å². The third kappa shape index (κ3) is 2.87. The van der Waals surface area contributed by atoms with Gasteiger partial charge in [-0.1, -0.05) is 6.07 Å². The first-order chi connectivity index (χ1) is 9.04. The summed E-state index contributed by atoms with van der Waals surface area (Å²) < 4.78 is 32.9. The predicted octanol–water partition coefficient (Wildman–Crippen LogP) is 2.35. The fraction of sp³-hybridized carbons (Fsp3) is 0.462. The third-order valence-corrected chi connectivity index (χ3v) is 3.44. The molecule has 0 aromatic heterocycles. The summed E-state index contributed by atoms with van der Waals surface area (Å²) in [6, 6.07) is 2.41. The first-order valence-corrected chi connectivity index (χ1v) is 6.49. The van der Waals surface area contributed by atoms with E-state index in [1.807, 2.05) is 0 Å². The molecular weight excluding hydrogens is 276 g/mol. The molecule has 1 unspecified atom stereocenters. The molecule has 0 saturated carbocycles. The minimum atomic E-state index is -0.845. The van der Waals surface area contributed by atoms with E-state index in [1.54, 1.807) is 0 Å². The Bertz CT molecular complexity index is 496. The number of carbonyl (C=O) groups excluding carboxylic acids is 1. The van der Waals surface area contributed by atoms with E-state index in [9.17, 15) is 13.6 Å². The van der Waals surface area contributed by atoms with Crippen molar-refractivity contribution in [2.24, 2.45) is 0 Å². The number of nitrogens with zero attached hydrogens (tertiary/aromatic N) is 1. The number of carbonyl (C=O) groups is 1. The Morgan fingerprint density at radius 2 is 2.26 bits per heavy atom. The Labute approximate surface area is 115 Å². The maximum Gasteiger partial charge on any atom is 0.260 e. The Morgan fingerprint density at radius 3 is 2.95 bits per heavy atom. The Balaban J connectivity index is 2.27. The SMILES string of the molecule is Cc1ccc(F)c(C(=O)N2CCOC(CCl)C2)c1F. The molecule has 0 spiro atoms. The zero-order chi connectivity index (χ0) is 14.0. The van der Waals surface area contributed by atoms with Crippen LogP contribution in [0.1, 0.15) is 15.9 Å². The highest BCUT2D eigenvalue weighted by Gasteiger charge is 2.28. The molecule has 1 fully saturated rings. The summed E-state index contributed by atoms with van der Waals surface area (Å²) in [6.45, 7) is 2.36. The molecule has 1 aromatic rings. The van der Waals surface area contributed by atoms with Crippen molar-refractivity contribution in [1.82, 2.24) is 4.90 Å². The van der Waals surface area contributed by atoms with Crippen LogP contribution in [0.15, 0.2) is 12.1 Å². The maximum absolute atomic E-state index is 13.9. The second kappa shape index (κ2) is 5.84. The number of morpholine rings is 1. The van der Waals surface area contributed by atoms with Crippen molar-refractivity contribution in [3.63, 3.8) is 0 Å². The van der Waals surface area contributed by atoms with Crippen LogP contribution in [0.4, 0.5) is 8.78 Å². The fourth-order valence-electron chi connectivity index (χ4n) is 2.01. The van der Waals surface area contributed by atoms with Crippen LogP contribution in [0.25, 0.3) is 0 Å². The number of alkyl halides is 1. The van der Waals surface area contributed by atoms with Crippen molar-refractivity contribution in [1.29, 1.82) is 0 Å². The molecule has 1 heterocycles. The molecule has 2 rings (SSSR count). The number of rotatable bonds is 2. The van der Waals surface area contributed by atoms with Gasteiger partial charge in [0, 0.05) is 13.1 Å². The summed E-state index contributed by atoms with van der Waals surface area (Å²) in [6.07, 6.45) is -0.296. The highest BCUT2D eigenvalue weighted by molar-refractivity contribution is 6.18. The van der Waals surface area contributed by atoms with Gasteiger partial charge in [0.05, 0.1) is 18.6 Å². The second-order valence-electron chi connectivity index (χ2n) is 4.45. The van der Waals surface area contributed by atoms with E-state index in [2.05, 4.69) is 0 Å². The van der Waals surface area contributed by atoms with Gasteiger partial charge in [-0.2, -0.15) is 0 Å². The third-order valence-electron chi connectivity index (χ3n) is 3.10. The highest BCUT2D eigenvalue weighted by atomic mass is 35.5. The van der Waals surface area contributed by atoms with E-state index in [1.165, 1.54) is 17.9 Å². The molecule has 19 heavy (non-hydrogen) atoms. The Hall–Kier alpha value is -1.20. The molecule has 1 atom stereocenters. The standard InChI is InChI=1S/C13H14ClF2NO2/c1-8-2-3-10(15)11(12(8)16)13(18)17-4-5-19-9(6-14)7-17/h2-3,9H,4-7H2,1H3. The first kappa shape index (κ1) is 14.2. The normalized spacial score (nSPS) is 19.6. The lowest BCUT2D eigenvalue weighted by atomic mass is 10.1. The van der Waals surface area contributed by atoms with Gasteiger partial charge in [-0.05, 0) is 18.6 Å². The lowest BCUT2D eigenvalue weighted by Crippen LogP contribution is -2.46. The van der Waals surface area contributed by atoms with E-state index in [0.717, 1.165) is 6.07 Å². The monoisotopic (exact) mass is 289 g/mol. The number of aryl methyl sites for hydroxylation is 1. The minimum absolute atomic E-state index is 0.239. The zero-order valence-electron chi connectivity index (χ0n) is 10.5. The van der Waals surface area contributed by atoms with E-state index in [4.69, 9.17) is 16.3 Å². The van der Waals surface area contributed by atoms with Crippen LogP contribution in [0, 0.1) is 18.6 Å². The van der Waals surface area contributed by atoms with Crippen LogP contribution in [-0.2, 0) is 4.74 Å². The molecule has 6 heteroatoms. The quantitative estimate of drug-likeness (QED) is 0.782. The van der Waals surface area contributed by atoms with Crippen LogP contribution in [0.2, 0.25) is 0 Å². The Morgan fingerprint density at radius 1 is 1.53 bits per heavy atom. The zero-order valence-corrected chi connectivity index (χ0v) is 11.2. The van der Waals surface area contributed by atoms with Gasteiger partial charge < -0.3 is 9.64 Å². The van der Waals surface area contributed by atoms with Crippen molar-refractivity contribution < 1.29 is 18.3 Å². The van der Waals surface area contributed by atoms with Crippen LogP contribution < -0.4 is 0 Å². The number of hydrogen-bond donors (Lipinski definition) is 0. The predicted molar refractivity (Wildman–Crippen MR) is 67.5 cm³/mol. The average molecular weight is 290 g/mol. The molecule has 1 aliphatic rings. The molecular formula is C13H14ClF2NO2. The van der Waals surface area contributed by atoms with Gasteiger partial charge in [-0.3, -0.25) is 4.79 Å². The first-order valence-electron chi connectivity index (χ1n) is 5.96. The minimum Gasteiger partial charge on any atom is -0.373 e. The number of hydrogen-bond acceptors (Lipinski definition) is 2. The lowest BCUT2D eigenvalue weighted by Gasteiger charge is -2.32. The van der Waals surface area contributed by atoms with Gasteiger partial charge >= 0.3 is 0 Å². The summed E-state index contributed by atoms with van der Waals surface area (Å²) in [5.41, 5.74) is -0.262. The highest BCUT2D eigenvalue weighted by Crippen LogP contribution is 2.20. The van der Waals surface area contributed by atoms with Crippen molar-refractivity contribution >= 4 is 17.5 Å². The summed E-state index contributed by atoms with van der Waals surface area (Å²) in [5, 5.41) is 0. The largest absolute Gasteiger partial charge is 0.373 e. The second-order valence-corrected chi connectivity index (χ2v) is 4.76. The van der Waals surface area contributed by atoms with Gasteiger partial charge in [0.15, 0.2) is 0 Å². The molecule has 1 saturated heterocycles. The van der Waals surface area contributed by atoms with Gasteiger partial charge in [0.1, 0.15) is 17.2 Å². The molecule has 104 valence electrons. The van der Waals surface area contributed by atoms with Crippen LogP contribution >= 0.6 is 11.6 Å². The number of halogens is 3. The van der Waals surface area contributed by atoms with Crippen LogP contribution in [-0.4, -0.2) is 42.5 Å². The van der Waals surface area contributed by atoms with Gasteiger partial charge in [0.2, 0.25) is 0 Å². The van der Waals surface area contributed by atoms with E-state index in [-0.39, 0.29) is 24.1 Å². The average Bonchev–Trinajstić information content (AvgIpc) is 2.43. The summed E-state index contributed by atoms with van der Waals surface area (Å²) in [4.78, 5) is 13.6. The summed E-state index contributed by atoms with van der Waals surface area (Å²) >= 11 is 5.67. The van der Waals surface area contributed by atoms with Crippen molar-refractivity contribution in [3.8, 4) is 0 Å². The van der Waals surface area contributed by atoms with Crippen molar-refractivity contribution in [2.45, 2.75) is 13.0 Å². The van der Waals surface area contributed by atoms with Gasteiger partial charge in [0.25, 0.3) is 5.91 Å². The summed E-state index contributed by atoms with van der Waals surface area (Å²) in [7, 11) is 0. The van der Waals surface area contributed by atoms with E-state index >= 15 is 0 Å². The molecule has 0 aliphatic carbocycles. The number of ether oxygens (including phenoxy) is 1. The Kier molecular flexibility index (Phi) is 4.37. The fourth-order valence-corrected chi connectivity index (χ4v) is 2.19. The molecule has 1 aliphatic heterocycles. The number of benzene rings is 1. The summed E-state index contributed by atoms with van der Waals surface area (Å²) in [5.74, 6) is -2.07. The molecule has 0 bridgehead atoms. The molecule has 0 radical (unpaired) electrons. The van der Waals surface area contributed by atoms with Crippen molar-refractivity contribution in [2.75, 3.05) is 25.6 Å². The number of amides is 1. The van der Waals surface area contributed by atoms with E-state index in [0.29, 0.717) is 13.2 Å². The molecule has 3 nitrogen and oxygen atoms in total. The smallest absolute Gasteiger partial charge is 0.260 e. The molecule has 1 aromatic carbocycles. The van der Waals surface area contributed by atoms with Crippen LogP contribution in [0.3, 0.4) is 0 Å². The molecule has 0 N–H and O–H groups in total. The lowest BCUT2D eigenvalue weighted by molar-refractivity contribution is -0.0111. The topological polar surface area (TPSA) is 29.5 Å². The maximum atomic E-state index is 13.9. The van der Waals surface area contributed by atoms with Crippen molar-refractivity contribution in [3.05, 3.63) is 34.9 Å².